The average Bonchev–Trinajstić information content (AvgIpc) is 2.77. The van der Waals surface area contributed by atoms with Crippen molar-refractivity contribution in [1.82, 2.24) is 4.90 Å². The van der Waals surface area contributed by atoms with Crippen LogP contribution in [0.15, 0.2) is 16.5 Å². The number of rotatable bonds is 4. The summed E-state index contributed by atoms with van der Waals surface area (Å²) in [5, 5.41) is 0. The van der Waals surface area contributed by atoms with Crippen LogP contribution in [-0.2, 0) is 6.54 Å². The van der Waals surface area contributed by atoms with Crippen molar-refractivity contribution in [2.75, 3.05) is 7.05 Å². The third-order valence-corrected chi connectivity index (χ3v) is 3.74. The Balaban J connectivity index is 1.91. The van der Waals surface area contributed by atoms with Crippen molar-refractivity contribution in [3.8, 4) is 0 Å². The van der Waals surface area contributed by atoms with Gasteiger partial charge in [-0.15, -0.1) is 0 Å². The number of carbonyl (C=O) groups is 1. The minimum absolute atomic E-state index is 0.422. The van der Waals surface area contributed by atoms with Gasteiger partial charge in [0.05, 0.1) is 6.54 Å². The van der Waals surface area contributed by atoms with Gasteiger partial charge in [0.2, 0.25) is 0 Å². The van der Waals surface area contributed by atoms with E-state index in [9.17, 15) is 4.79 Å². The van der Waals surface area contributed by atoms with Gasteiger partial charge in [0.15, 0.2) is 12.0 Å². The number of hydrogen-bond donors (Lipinski definition) is 0. The first-order valence-electron chi connectivity index (χ1n) is 6.43. The molecule has 1 aromatic heterocycles. The first kappa shape index (κ1) is 12.4. The van der Waals surface area contributed by atoms with E-state index < -0.39 is 0 Å². The van der Waals surface area contributed by atoms with Gasteiger partial charge in [0.1, 0.15) is 5.76 Å². The summed E-state index contributed by atoms with van der Waals surface area (Å²) in [5.74, 6) is 2.14. The molecule has 1 fully saturated rings. The van der Waals surface area contributed by atoms with Crippen molar-refractivity contribution in [3.63, 3.8) is 0 Å². The fourth-order valence-corrected chi connectivity index (χ4v) is 2.72. The van der Waals surface area contributed by atoms with Crippen LogP contribution in [0.25, 0.3) is 0 Å². The average molecular weight is 235 g/mol. The fraction of sp³-hybridized carbons (Fsp3) is 0.643. The van der Waals surface area contributed by atoms with Crippen LogP contribution in [0.1, 0.15) is 48.9 Å². The van der Waals surface area contributed by atoms with E-state index in [0.717, 1.165) is 24.5 Å². The maximum atomic E-state index is 10.5. The highest BCUT2D eigenvalue weighted by molar-refractivity contribution is 5.70. The quantitative estimate of drug-likeness (QED) is 0.752. The van der Waals surface area contributed by atoms with E-state index in [1.807, 2.05) is 6.07 Å². The first-order chi connectivity index (χ1) is 8.19. The van der Waals surface area contributed by atoms with Crippen molar-refractivity contribution >= 4 is 6.29 Å². The van der Waals surface area contributed by atoms with E-state index >= 15 is 0 Å². The molecular formula is C14H21NO2. The van der Waals surface area contributed by atoms with Crippen molar-refractivity contribution in [2.45, 2.75) is 45.2 Å². The topological polar surface area (TPSA) is 33.5 Å². The van der Waals surface area contributed by atoms with Crippen LogP contribution < -0.4 is 0 Å². The van der Waals surface area contributed by atoms with Crippen LogP contribution in [0.3, 0.4) is 0 Å². The largest absolute Gasteiger partial charge is 0.457 e. The van der Waals surface area contributed by atoms with E-state index in [-0.39, 0.29) is 0 Å². The Labute approximate surface area is 103 Å². The molecule has 3 nitrogen and oxygen atoms in total. The molecule has 0 amide bonds. The van der Waals surface area contributed by atoms with Gasteiger partial charge in [-0.1, -0.05) is 19.8 Å². The van der Waals surface area contributed by atoms with Gasteiger partial charge in [-0.3, -0.25) is 9.69 Å². The Hall–Kier alpha value is -1.09. The van der Waals surface area contributed by atoms with Gasteiger partial charge < -0.3 is 4.42 Å². The second kappa shape index (κ2) is 5.50. The van der Waals surface area contributed by atoms with Gasteiger partial charge in [-0.2, -0.15) is 0 Å². The zero-order valence-corrected chi connectivity index (χ0v) is 10.7. The number of carbonyl (C=O) groups excluding carboxylic acids is 1. The summed E-state index contributed by atoms with van der Waals surface area (Å²) < 4.78 is 5.41. The molecule has 1 aliphatic carbocycles. The predicted octanol–water partition coefficient (Wildman–Crippen LogP) is 3.10. The molecule has 1 heterocycles. The highest BCUT2D eigenvalue weighted by Gasteiger charge is 2.22. The number of hydrogen-bond acceptors (Lipinski definition) is 3. The van der Waals surface area contributed by atoms with Crippen LogP contribution in [-0.4, -0.2) is 24.3 Å². The van der Waals surface area contributed by atoms with Gasteiger partial charge >= 0.3 is 0 Å². The van der Waals surface area contributed by atoms with Gasteiger partial charge in [0, 0.05) is 6.04 Å². The molecule has 1 saturated carbocycles. The lowest BCUT2D eigenvalue weighted by atomic mass is 9.86. The molecule has 0 N–H and O–H groups in total. The van der Waals surface area contributed by atoms with E-state index in [2.05, 4.69) is 18.9 Å². The summed E-state index contributed by atoms with van der Waals surface area (Å²) in [6.45, 7) is 3.13. The molecule has 0 spiro atoms. The van der Waals surface area contributed by atoms with Crippen LogP contribution in [0.5, 0.6) is 0 Å². The minimum atomic E-state index is 0.422. The number of aldehydes is 1. The highest BCUT2D eigenvalue weighted by atomic mass is 16.3. The van der Waals surface area contributed by atoms with Crippen molar-refractivity contribution in [1.29, 1.82) is 0 Å². The molecule has 3 heteroatoms. The smallest absolute Gasteiger partial charge is 0.185 e. The van der Waals surface area contributed by atoms with Crippen LogP contribution >= 0.6 is 0 Å². The highest BCUT2D eigenvalue weighted by Crippen LogP contribution is 2.27. The molecule has 2 atom stereocenters. The molecule has 0 bridgehead atoms. The molecule has 0 radical (unpaired) electrons. The van der Waals surface area contributed by atoms with Gasteiger partial charge in [-0.05, 0) is 37.9 Å². The van der Waals surface area contributed by atoms with Crippen LogP contribution in [0.4, 0.5) is 0 Å². The first-order valence-corrected chi connectivity index (χ1v) is 6.43. The van der Waals surface area contributed by atoms with Crippen molar-refractivity contribution < 1.29 is 9.21 Å². The third-order valence-electron chi connectivity index (χ3n) is 3.74. The normalized spacial score (nSPS) is 25.1. The van der Waals surface area contributed by atoms with E-state index in [1.165, 1.54) is 25.7 Å². The minimum Gasteiger partial charge on any atom is -0.457 e. The molecule has 0 saturated heterocycles. The molecule has 0 aliphatic heterocycles. The van der Waals surface area contributed by atoms with Crippen LogP contribution in [0.2, 0.25) is 0 Å². The van der Waals surface area contributed by atoms with E-state index in [1.54, 1.807) is 6.07 Å². The zero-order valence-electron chi connectivity index (χ0n) is 10.7. The molecule has 94 valence electrons. The summed E-state index contributed by atoms with van der Waals surface area (Å²) in [4.78, 5) is 12.9. The van der Waals surface area contributed by atoms with Gasteiger partial charge in [0.25, 0.3) is 0 Å². The van der Waals surface area contributed by atoms with Crippen molar-refractivity contribution in [2.24, 2.45) is 5.92 Å². The molecular weight excluding hydrogens is 214 g/mol. The second-order valence-electron chi connectivity index (χ2n) is 5.26. The molecule has 2 unspecified atom stereocenters. The Morgan fingerprint density at radius 3 is 2.94 bits per heavy atom. The molecule has 2 rings (SSSR count). The lowest BCUT2D eigenvalue weighted by Crippen LogP contribution is -2.34. The predicted molar refractivity (Wildman–Crippen MR) is 67.0 cm³/mol. The Kier molecular flexibility index (Phi) is 4.00. The third kappa shape index (κ3) is 3.19. The molecule has 0 aromatic carbocycles. The molecule has 1 aliphatic rings. The number of furan rings is 1. The van der Waals surface area contributed by atoms with Crippen molar-refractivity contribution in [3.05, 3.63) is 23.7 Å². The monoisotopic (exact) mass is 235 g/mol. The maximum absolute atomic E-state index is 10.5. The van der Waals surface area contributed by atoms with E-state index in [4.69, 9.17) is 4.42 Å². The molecule has 1 aromatic rings. The Morgan fingerprint density at radius 1 is 1.47 bits per heavy atom. The molecule has 17 heavy (non-hydrogen) atoms. The summed E-state index contributed by atoms with van der Waals surface area (Å²) in [7, 11) is 2.14. The van der Waals surface area contributed by atoms with Crippen LogP contribution in [0, 0.1) is 5.92 Å². The summed E-state index contributed by atoms with van der Waals surface area (Å²) in [6, 6.07) is 4.29. The fourth-order valence-electron chi connectivity index (χ4n) is 2.72. The standard InChI is InChI=1S/C14H21NO2/c1-11-4-3-5-12(8-11)15(2)9-13-6-7-14(10-16)17-13/h6-7,10-12H,3-5,8-9H2,1-2H3. The number of nitrogens with zero attached hydrogens (tertiary/aromatic N) is 1. The summed E-state index contributed by atoms with van der Waals surface area (Å²) in [5.41, 5.74) is 0. The zero-order chi connectivity index (χ0) is 12.3. The second-order valence-corrected chi connectivity index (χ2v) is 5.26. The Morgan fingerprint density at radius 2 is 2.29 bits per heavy atom. The van der Waals surface area contributed by atoms with Gasteiger partial charge in [-0.25, -0.2) is 0 Å². The summed E-state index contributed by atoms with van der Waals surface area (Å²) >= 11 is 0. The maximum Gasteiger partial charge on any atom is 0.185 e. The SMILES string of the molecule is CC1CCCC(N(C)Cc2ccc(C=O)o2)C1. The Bertz CT molecular complexity index is 372. The van der Waals surface area contributed by atoms with E-state index in [0.29, 0.717) is 11.8 Å². The lowest BCUT2D eigenvalue weighted by molar-refractivity contribution is 0.109. The summed E-state index contributed by atoms with van der Waals surface area (Å²) in [6.07, 6.45) is 6.00. The lowest BCUT2D eigenvalue weighted by Gasteiger charge is -2.33.